The molecule has 0 bridgehead atoms. The molecule has 122 valence electrons. The molecule has 0 spiro atoms. The van der Waals surface area contributed by atoms with Crippen molar-refractivity contribution in [2.45, 2.75) is 26.7 Å². The van der Waals surface area contributed by atoms with Gasteiger partial charge >= 0.3 is 0 Å². The Bertz CT molecular complexity index is 680. The van der Waals surface area contributed by atoms with E-state index >= 15 is 0 Å². The van der Waals surface area contributed by atoms with Crippen LogP contribution in [0.15, 0.2) is 40.9 Å². The molecule has 0 atom stereocenters. The van der Waals surface area contributed by atoms with Crippen LogP contribution in [0.5, 0.6) is 11.5 Å². The number of ether oxygens (including phenoxy) is 2. The van der Waals surface area contributed by atoms with Crippen molar-refractivity contribution in [2.24, 2.45) is 0 Å². The zero-order valence-electron chi connectivity index (χ0n) is 13.6. The van der Waals surface area contributed by atoms with Crippen LogP contribution in [0.2, 0.25) is 0 Å². The zero-order chi connectivity index (χ0) is 16.8. The summed E-state index contributed by atoms with van der Waals surface area (Å²) < 4.78 is 12.2. The lowest BCUT2D eigenvalue weighted by atomic mass is 9.98. The minimum atomic E-state index is 0.382. The SMILES string of the molecule is Cc1cc(OCCOc2ccc(Br)cc2C=O)ccc1C(C)C. The zero-order valence-corrected chi connectivity index (χ0v) is 15.2. The molecule has 0 saturated heterocycles. The van der Waals surface area contributed by atoms with E-state index in [1.807, 2.05) is 18.2 Å². The second-order valence-corrected chi connectivity index (χ2v) is 6.59. The fraction of sp³-hybridized carbons (Fsp3) is 0.316. The summed E-state index contributed by atoms with van der Waals surface area (Å²) in [4.78, 5) is 11.0. The van der Waals surface area contributed by atoms with E-state index in [1.54, 1.807) is 12.1 Å². The van der Waals surface area contributed by atoms with Crippen molar-refractivity contribution in [1.82, 2.24) is 0 Å². The van der Waals surface area contributed by atoms with Crippen LogP contribution in [-0.2, 0) is 0 Å². The maximum absolute atomic E-state index is 11.0. The number of hydrogen-bond donors (Lipinski definition) is 0. The topological polar surface area (TPSA) is 35.5 Å². The highest BCUT2D eigenvalue weighted by Gasteiger charge is 2.06. The van der Waals surface area contributed by atoms with Crippen LogP contribution >= 0.6 is 15.9 Å². The van der Waals surface area contributed by atoms with Gasteiger partial charge in [-0.3, -0.25) is 4.79 Å². The number of aryl methyl sites for hydroxylation is 1. The summed E-state index contributed by atoms with van der Waals surface area (Å²) in [7, 11) is 0. The van der Waals surface area contributed by atoms with Gasteiger partial charge in [-0.25, -0.2) is 0 Å². The molecule has 2 aromatic rings. The molecular formula is C19H21BrO3. The fourth-order valence-electron chi connectivity index (χ4n) is 2.44. The smallest absolute Gasteiger partial charge is 0.153 e. The normalized spacial score (nSPS) is 10.7. The molecule has 0 aromatic heterocycles. The van der Waals surface area contributed by atoms with Crippen LogP contribution in [0.1, 0.15) is 41.3 Å². The van der Waals surface area contributed by atoms with Gasteiger partial charge < -0.3 is 9.47 Å². The maximum atomic E-state index is 11.0. The largest absolute Gasteiger partial charge is 0.490 e. The van der Waals surface area contributed by atoms with Crippen LogP contribution in [0, 0.1) is 6.92 Å². The first-order chi connectivity index (χ1) is 11.0. The predicted octanol–water partition coefficient (Wildman–Crippen LogP) is 5.15. The van der Waals surface area contributed by atoms with Crippen molar-refractivity contribution < 1.29 is 14.3 Å². The standard InChI is InChI=1S/C19H21BrO3/c1-13(2)18-6-5-17(10-14(18)3)22-8-9-23-19-7-4-16(20)11-15(19)12-21/h4-7,10-13H,8-9H2,1-3H3. The average molecular weight is 377 g/mol. The van der Waals surface area contributed by atoms with Crippen LogP contribution in [0.3, 0.4) is 0 Å². The third-order valence-corrected chi connectivity index (χ3v) is 4.06. The van der Waals surface area contributed by atoms with Crippen molar-refractivity contribution >= 4 is 22.2 Å². The van der Waals surface area contributed by atoms with Crippen LogP contribution < -0.4 is 9.47 Å². The minimum Gasteiger partial charge on any atom is -0.490 e. The average Bonchev–Trinajstić information content (AvgIpc) is 2.52. The van der Waals surface area contributed by atoms with Crippen molar-refractivity contribution in [3.05, 3.63) is 57.6 Å². The van der Waals surface area contributed by atoms with Gasteiger partial charge in [-0.2, -0.15) is 0 Å². The second-order valence-electron chi connectivity index (χ2n) is 5.67. The number of halogens is 1. The number of carbonyl (C=O) groups excluding carboxylic acids is 1. The Morgan fingerprint density at radius 1 is 1.09 bits per heavy atom. The van der Waals surface area contributed by atoms with E-state index in [0.717, 1.165) is 16.5 Å². The molecule has 0 aliphatic carbocycles. The third-order valence-electron chi connectivity index (χ3n) is 3.57. The number of hydrogen-bond acceptors (Lipinski definition) is 3. The summed E-state index contributed by atoms with van der Waals surface area (Å²) in [6, 6.07) is 11.5. The van der Waals surface area contributed by atoms with Crippen molar-refractivity contribution in [2.75, 3.05) is 13.2 Å². The Balaban J connectivity index is 1.88. The van der Waals surface area contributed by atoms with Crippen molar-refractivity contribution in [1.29, 1.82) is 0 Å². The summed E-state index contributed by atoms with van der Waals surface area (Å²) >= 11 is 3.33. The number of benzene rings is 2. The highest BCUT2D eigenvalue weighted by molar-refractivity contribution is 9.10. The van der Waals surface area contributed by atoms with E-state index in [9.17, 15) is 4.79 Å². The monoisotopic (exact) mass is 376 g/mol. The summed E-state index contributed by atoms with van der Waals surface area (Å²) in [6.45, 7) is 7.26. The molecule has 0 radical (unpaired) electrons. The maximum Gasteiger partial charge on any atom is 0.153 e. The Kier molecular flexibility index (Phi) is 6.22. The van der Waals surface area contributed by atoms with E-state index in [0.29, 0.717) is 30.4 Å². The second kappa shape index (κ2) is 8.16. The first-order valence-corrected chi connectivity index (χ1v) is 8.41. The Labute approximate surface area is 145 Å². The quantitative estimate of drug-likeness (QED) is 0.494. The Morgan fingerprint density at radius 3 is 2.48 bits per heavy atom. The molecule has 0 heterocycles. The number of carbonyl (C=O) groups is 1. The first-order valence-electron chi connectivity index (χ1n) is 7.62. The molecule has 23 heavy (non-hydrogen) atoms. The Morgan fingerprint density at radius 2 is 1.83 bits per heavy atom. The summed E-state index contributed by atoms with van der Waals surface area (Å²) in [6.07, 6.45) is 0.787. The van der Waals surface area contributed by atoms with Crippen molar-refractivity contribution in [3.63, 3.8) is 0 Å². The molecular weight excluding hydrogens is 356 g/mol. The molecule has 0 aliphatic rings. The van der Waals surface area contributed by atoms with Gasteiger partial charge in [-0.15, -0.1) is 0 Å². The highest BCUT2D eigenvalue weighted by Crippen LogP contribution is 2.24. The lowest BCUT2D eigenvalue weighted by molar-refractivity contribution is 0.111. The minimum absolute atomic E-state index is 0.382. The van der Waals surface area contributed by atoms with Crippen LogP contribution in [-0.4, -0.2) is 19.5 Å². The molecule has 4 heteroatoms. The van der Waals surface area contributed by atoms with Crippen LogP contribution in [0.25, 0.3) is 0 Å². The van der Waals surface area contributed by atoms with E-state index in [4.69, 9.17) is 9.47 Å². The lowest BCUT2D eigenvalue weighted by Crippen LogP contribution is -2.10. The number of rotatable bonds is 7. The molecule has 0 unspecified atom stereocenters. The molecule has 0 amide bonds. The van der Waals surface area contributed by atoms with Gasteiger partial charge in [-0.1, -0.05) is 35.8 Å². The summed E-state index contributed by atoms with van der Waals surface area (Å²) in [5.41, 5.74) is 3.09. The molecule has 0 aliphatic heterocycles. The number of aldehydes is 1. The third kappa shape index (κ3) is 4.83. The summed E-state index contributed by atoms with van der Waals surface area (Å²) in [5.74, 6) is 1.91. The van der Waals surface area contributed by atoms with E-state index in [1.165, 1.54) is 11.1 Å². The van der Waals surface area contributed by atoms with Gasteiger partial charge in [0.1, 0.15) is 24.7 Å². The fourth-order valence-corrected chi connectivity index (χ4v) is 2.82. The summed E-state index contributed by atoms with van der Waals surface area (Å²) in [5, 5.41) is 0. The highest BCUT2D eigenvalue weighted by atomic mass is 79.9. The van der Waals surface area contributed by atoms with E-state index in [2.05, 4.69) is 42.8 Å². The lowest BCUT2D eigenvalue weighted by Gasteiger charge is -2.13. The first kappa shape index (κ1) is 17.5. The van der Waals surface area contributed by atoms with E-state index < -0.39 is 0 Å². The molecule has 0 N–H and O–H groups in total. The van der Waals surface area contributed by atoms with Gasteiger partial charge in [-0.05, 0) is 54.3 Å². The molecule has 0 fully saturated rings. The van der Waals surface area contributed by atoms with Crippen molar-refractivity contribution in [3.8, 4) is 11.5 Å². The van der Waals surface area contributed by atoms with Gasteiger partial charge in [0.2, 0.25) is 0 Å². The van der Waals surface area contributed by atoms with Gasteiger partial charge in [0.25, 0.3) is 0 Å². The van der Waals surface area contributed by atoms with Crippen LogP contribution in [0.4, 0.5) is 0 Å². The molecule has 2 rings (SSSR count). The van der Waals surface area contributed by atoms with Gasteiger partial charge in [0.15, 0.2) is 6.29 Å². The molecule has 0 saturated carbocycles. The van der Waals surface area contributed by atoms with E-state index in [-0.39, 0.29) is 0 Å². The van der Waals surface area contributed by atoms with Gasteiger partial charge in [0, 0.05) is 4.47 Å². The molecule has 3 nitrogen and oxygen atoms in total. The van der Waals surface area contributed by atoms with Gasteiger partial charge in [0.05, 0.1) is 5.56 Å². The predicted molar refractivity (Wildman–Crippen MR) is 95.8 cm³/mol. The molecule has 2 aromatic carbocycles. The Hall–Kier alpha value is -1.81.